The van der Waals surface area contributed by atoms with Crippen LogP contribution in [0.5, 0.6) is 0 Å². The van der Waals surface area contributed by atoms with Gasteiger partial charge in [-0.3, -0.25) is 0 Å². The summed E-state index contributed by atoms with van der Waals surface area (Å²) in [5, 5.41) is 8.66. The minimum Gasteiger partial charge on any atom is -0.313 e. The quantitative estimate of drug-likeness (QED) is 0.854. The third kappa shape index (κ3) is 2.38. The van der Waals surface area contributed by atoms with Crippen molar-refractivity contribution in [3.8, 4) is 0 Å². The van der Waals surface area contributed by atoms with Crippen LogP contribution < -0.4 is 0 Å². The Morgan fingerprint density at radius 1 is 1.08 bits per heavy atom. The van der Waals surface area contributed by atoms with E-state index in [4.69, 9.17) is 0 Å². The Balaban J connectivity index is 1.74. The second-order valence-electron chi connectivity index (χ2n) is 6.98. The van der Waals surface area contributed by atoms with Gasteiger partial charge in [-0.2, -0.15) is 4.31 Å². The van der Waals surface area contributed by atoms with Crippen molar-refractivity contribution in [2.24, 2.45) is 0 Å². The Bertz CT molecular complexity index is 845. The molecule has 2 unspecified atom stereocenters. The molecule has 7 heteroatoms. The van der Waals surface area contributed by atoms with Crippen molar-refractivity contribution in [1.82, 2.24) is 19.1 Å². The van der Waals surface area contributed by atoms with E-state index in [9.17, 15) is 8.42 Å². The Kier molecular flexibility index (Phi) is 3.73. The molecule has 24 heavy (non-hydrogen) atoms. The van der Waals surface area contributed by atoms with Crippen molar-refractivity contribution in [2.75, 3.05) is 0 Å². The summed E-state index contributed by atoms with van der Waals surface area (Å²) in [6.07, 6.45) is 2.43. The molecular weight excluding hydrogens is 324 g/mol. The van der Waals surface area contributed by atoms with Crippen LogP contribution >= 0.6 is 0 Å². The van der Waals surface area contributed by atoms with Gasteiger partial charge in [0, 0.05) is 31.0 Å². The van der Waals surface area contributed by atoms with Gasteiger partial charge in [-0.25, -0.2) is 8.42 Å². The molecule has 2 aromatic rings. The first-order valence-corrected chi connectivity index (χ1v) is 9.93. The van der Waals surface area contributed by atoms with Gasteiger partial charge in [0.05, 0.1) is 4.90 Å². The lowest BCUT2D eigenvalue weighted by Crippen LogP contribution is -2.42. The first-order valence-electron chi connectivity index (χ1n) is 8.49. The third-order valence-corrected chi connectivity index (χ3v) is 7.07. The summed E-state index contributed by atoms with van der Waals surface area (Å²) in [5.41, 5.74) is 0. The number of benzene rings is 1. The second-order valence-corrected chi connectivity index (χ2v) is 8.82. The molecule has 0 radical (unpaired) electrons. The zero-order valence-electron chi connectivity index (χ0n) is 14.0. The van der Waals surface area contributed by atoms with Crippen molar-refractivity contribution in [3.63, 3.8) is 0 Å². The fraction of sp³-hybridized carbons (Fsp3) is 0.529. The molecule has 0 amide bonds. The van der Waals surface area contributed by atoms with Gasteiger partial charge in [-0.1, -0.05) is 32.0 Å². The van der Waals surface area contributed by atoms with E-state index in [1.165, 1.54) is 0 Å². The number of rotatable bonds is 3. The average Bonchev–Trinajstić information content (AvgIpc) is 3.08. The molecule has 2 bridgehead atoms. The smallest absolute Gasteiger partial charge is 0.243 e. The van der Waals surface area contributed by atoms with Crippen molar-refractivity contribution in [2.45, 2.75) is 62.6 Å². The van der Waals surface area contributed by atoms with E-state index in [-0.39, 0.29) is 18.0 Å². The standard InChI is InChI=1S/C17H22N4O2S/c1-12(2)17-19-18-16-10-13-8-9-14(11-20(16)17)21(13)24(22,23)15-6-4-3-5-7-15/h3-7,12-14H,8-11H2,1-2H3. The molecule has 2 aliphatic rings. The molecule has 6 nitrogen and oxygen atoms in total. The predicted octanol–water partition coefficient (Wildman–Crippen LogP) is 2.18. The highest BCUT2D eigenvalue weighted by molar-refractivity contribution is 7.89. The van der Waals surface area contributed by atoms with E-state index in [1.54, 1.807) is 28.6 Å². The largest absolute Gasteiger partial charge is 0.313 e. The van der Waals surface area contributed by atoms with Crippen molar-refractivity contribution in [3.05, 3.63) is 42.0 Å². The maximum Gasteiger partial charge on any atom is 0.243 e. The second kappa shape index (κ2) is 5.67. The highest BCUT2D eigenvalue weighted by Gasteiger charge is 2.45. The van der Waals surface area contributed by atoms with Crippen LogP contribution in [0.25, 0.3) is 0 Å². The summed E-state index contributed by atoms with van der Waals surface area (Å²) in [5.74, 6) is 2.15. The van der Waals surface area contributed by atoms with Crippen LogP contribution in [0.2, 0.25) is 0 Å². The molecule has 1 fully saturated rings. The molecule has 2 aliphatic heterocycles. The van der Waals surface area contributed by atoms with Crippen LogP contribution in [0.3, 0.4) is 0 Å². The fourth-order valence-electron chi connectivity index (χ4n) is 3.96. The molecule has 0 aliphatic carbocycles. The topological polar surface area (TPSA) is 68.1 Å². The molecule has 4 rings (SSSR count). The summed E-state index contributed by atoms with van der Waals surface area (Å²) in [6.45, 7) is 4.84. The zero-order valence-corrected chi connectivity index (χ0v) is 14.8. The highest BCUT2D eigenvalue weighted by Crippen LogP contribution is 2.36. The Labute approximate surface area is 142 Å². The van der Waals surface area contributed by atoms with E-state index < -0.39 is 10.0 Å². The lowest BCUT2D eigenvalue weighted by Gasteiger charge is -2.27. The summed E-state index contributed by atoms with van der Waals surface area (Å²) in [4.78, 5) is 0.378. The van der Waals surface area contributed by atoms with E-state index in [0.717, 1.165) is 24.5 Å². The Hall–Kier alpha value is -1.73. The monoisotopic (exact) mass is 346 g/mol. The van der Waals surface area contributed by atoms with Crippen molar-refractivity contribution >= 4 is 10.0 Å². The number of aromatic nitrogens is 3. The maximum absolute atomic E-state index is 13.2. The molecular formula is C17H22N4O2S. The molecule has 128 valence electrons. The van der Waals surface area contributed by atoms with Gasteiger partial charge in [-0.15, -0.1) is 10.2 Å². The van der Waals surface area contributed by atoms with E-state index in [0.29, 0.717) is 17.9 Å². The summed E-state index contributed by atoms with van der Waals surface area (Å²) < 4.78 is 30.2. The van der Waals surface area contributed by atoms with Gasteiger partial charge in [0.1, 0.15) is 11.6 Å². The minimum atomic E-state index is -3.48. The van der Waals surface area contributed by atoms with Crippen LogP contribution in [0, 0.1) is 0 Å². The van der Waals surface area contributed by atoms with E-state index in [1.807, 2.05) is 6.07 Å². The fourth-order valence-corrected chi connectivity index (χ4v) is 5.84. The molecule has 1 saturated heterocycles. The number of hydrogen-bond donors (Lipinski definition) is 0. The first kappa shape index (κ1) is 15.8. The molecule has 3 heterocycles. The normalized spacial score (nSPS) is 24.1. The van der Waals surface area contributed by atoms with Crippen LogP contribution in [0.4, 0.5) is 0 Å². The first-order chi connectivity index (χ1) is 11.5. The van der Waals surface area contributed by atoms with E-state index in [2.05, 4.69) is 28.6 Å². The molecule has 0 N–H and O–H groups in total. The number of hydrogen-bond acceptors (Lipinski definition) is 4. The maximum atomic E-state index is 13.2. The number of sulfonamides is 1. The Morgan fingerprint density at radius 2 is 1.79 bits per heavy atom. The minimum absolute atomic E-state index is 0.0186. The van der Waals surface area contributed by atoms with Crippen molar-refractivity contribution in [1.29, 1.82) is 0 Å². The van der Waals surface area contributed by atoms with Crippen LogP contribution in [-0.4, -0.2) is 39.6 Å². The lowest BCUT2D eigenvalue weighted by molar-refractivity contribution is 0.313. The molecule has 2 atom stereocenters. The molecule has 0 spiro atoms. The zero-order chi connectivity index (χ0) is 16.9. The molecule has 1 aromatic heterocycles. The number of fused-ring (bicyclic) bond motifs is 3. The van der Waals surface area contributed by atoms with Crippen molar-refractivity contribution < 1.29 is 8.42 Å². The van der Waals surface area contributed by atoms with Gasteiger partial charge in [0.25, 0.3) is 0 Å². The number of nitrogens with zero attached hydrogens (tertiary/aromatic N) is 4. The highest BCUT2D eigenvalue weighted by atomic mass is 32.2. The van der Waals surface area contributed by atoms with Gasteiger partial charge in [0.15, 0.2) is 0 Å². The van der Waals surface area contributed by atoms with E-state index >= 15 is 0 Å². The van der Waals surface area contributed by atoms with Gasteiger partial charge in [-0.05, 0) is 25.0 Å². The van der Waals surface area contributed by atoms with Crippen LogP contribution in [0.15, 0.2) is 35.2 Å². The SMILES string of the molecule is CC(C)c1nnc2n1CC1CCC(C2)N1S(=O)(=O)c1ccccc1. The molecule has 0 saturated carbocycles. The Morgan fingerprint density at radius 3 is 2.50 bits per heavy atom. The average molecular weight is 346 g/mol. The molecule has 1 aromatic carbocycles. The summed E-state index contributed by atoms with van der Waals surface area (Å²) in [6, 6.07) is 8.71. The van der Waals surface area contributed by atoms with Gasteiger partial charge >= 0.3 is 0 Å². The summed E-state index contributed by atoms with van der Waals surface area (Å²) in [7, 11) is -3.48. The van der Waals surface area contributed by atoms with Crippen LogP contribution in [-0.2, 0) is 23.0 Å². The van der Waals surface area contributed by atoms with Crippen LogP contribution in [0.1, 0.15) is 44.3 Å². The van der Waals surface area contributed by atoms with Gasteiger partial charge < -0.3 is 4.57 Å². The third-order valence-electron chi connectivity index (χ3n) is 5.06. The lowest BCUT2D eigenvalue weighted by atomic mass is 10.1. The van der Waals surface area contributed by atoms with Gasteiger partial charge in [0.2, 0.25) is 10.0 Å². The summed E-state index contributed by atoms with van der Waals surface area (Å²) >= 11 is 0. The predicted molar refractivity (Wildman–Crippen MR) is 90.1 cm³/mol.